The van der Waals surface area contributed by atoms with E-state index in [2.05, 4.69) is 31.3 Å². The molecule has 0 saturated heterocycles. The third-order valence-corrected chi connectivity index (χ3v) is 1.85. The minimum atomic E-state index is 0.693. The summed E-state index contributed by atoms with van der Waals surface area (Å²) < 4.78 is 5.58. The molecule has 0 radical (unpaired) electrons. The van der Waals surface area contributed by atoms with E-state index in [0.29, 0.717) is 4.60 Å². The molecule has 0 unspecified atom stereocenters. The van der Waals surface area contributed by atoms with E-state index in [0.717, 1.165) is 11.3 Å². The van der Waals surface area contributed by atoms with Crippen LogP contribution in [0, 0.1) is 0 Å². The van der Waals surface area contributed by atoms with E-state index in [1.165, 1.54) is 0 Å². The Kier molecular flexibility index (Phi) is 1.50. The number of rotatable bonds is 1. The summed E-state index contributed by atoms with van der Waals surface area (Å²) in [6.45, 7) is 0. The molecule has 0 aliphatic heterocycles. The lowest BCUT2D eigenvalue weighted by atomic mass is 10.3. The van der Waals surface area contributed by atoms with Crippen molar-refractivity contribution >= 4 is 15.9 Å². The zero-order valence-electron chi connectivity index (χ0n) is 5.41. The van der Waals surface area contributed by atoms with Crippen molar-refractivity contribution in [1.82, 2.24) is 15.4 Å². The van der Waals surface area contributed by atoms with Gasteiger partial charge in [0.25, 0.3) is 0 Å². The minimum Gasteiger partial charge on any atom is -0.472 e. The summed E-state index contributed by atoms with van der Waals surface area (Å²) >= 11 is 3.24. The lowest BCUT2D eigenvalue weighted by Crippen LogP contribution is -1.73. The van der Waals surface area contributed by atoms with Gasteiger partial charge in [-0.05, 0) is 22.0 Å². The number of nitrogens with zero attached hydrogens (tertiary/aromatic N) is 2. The first kappa shape index (κ1) is 6.60. The fourth-order valence-corrected chi connectivity index (χ4v) is 1.20. The molecule has 0 atom stereocenters. The van der Waals surface area contributed by atoms with E-state index in [9.17, 15) is 0 Å². The van der Waals surface area contributed by atoms with Crippen LogP contribution in [0.25, 0.3) is 11.3 Å². The smallest absolute Gasteiger partial charge is 0.156 e. The molecule has 11 heavy (non-hydrogen) atoms. The van der Waals surface area contributed by atoms with Crippen molar-refractivity contribution in [2.45, 2.75) is 0 Å². The zero-order valence-corrected chi connectivity index (χ0v) is 7.00. The zero-order chi connectivity index (χ0) is 7.68. The first-order valence-corrected chi connectivity index (χ1v) is 3.76. The average Bonchev–Trinajstić information content (AvgIpc) is 2.55. The summed E-state index contributed by atoms with van der Waals surface area (Å²) in [4.78, 5) is 0. The fourth-order valence-electron chi connectivity index (χ4n) is 0.801. The molecular formula is C6H4BrN3O. The molecule has 1 N–H and O–H groups in total. The Bertz CT molecular complexity index is 340. The van der Waals surface area contributed by atoms with E-state index in [-0.39, 0.29) is 0 Å². The topological polar surface area (TPSA) is 54.7 Å². The van der Waals surface area contributed by atoms with Crippen LogP contribution >= 0.6 is 15.9 Å². The van der Waals surface area contributed by atoms with Crippen molar-refractivity contribution in [3.05, 3.63) is 23.2 Å². The maximum absolute atomic E-state index is 4.89. The van der Waals surface area contributed by atoms with Crippen molar-refractivity contribution in [3.8, 4) is 11.3 Å². The third-order valence-electron chi connectivity index (χ3n) is 1.30. The highest BCUT2D eigenvalue weighted by molar-refractivity contribution is 9.10. The lowest BCUT2D eigenvalue weighted by Gasteiger charge is -1.85. The predicted molar refractivity (Wildman–Crippen MR) is 41.8 cm³/mol. The van der Waals surface area contributed by atoms with Crippen molar-refractivity contribution in [1.29, 1.82) is 0 Å². The monoisotopic (exact) mass is 213 g/mol. The Balaban J connectivity index is 2.53. The van der Waals surface area contributed by atoms with E-state index < -0.39 is 0 Å². The van der Waals surface area contributed by atoms with Crippen LogP contribution in [-0.4, -0.2) is 15.4 Å². The first-order chi connectivity index (χ1) is 5.38. The summed E-state index contributed by atoms with van der Waals surface area (Å²) in [6.07, 6.45) is 3.21. The molecule has 0 bridgehead atoms. The van der Waals surface area contributed by atoms with Gasteiger partial charge in [0.05, 0.1) is 12.5 Å². The Morgan fingerprint density at radius 2 is 2.36 bits per heavy atom. The molecule has 0 fully saturated rings. The fraction of sp³-hybridized carbons (Fsp3) is 0. The second kappa shape index (κ2) is 2.50. The predicted octanol–water partition coefficient (Wildman–Crippen LogP) is 1.83. The Hall–Kier alpha value is -1.10. The normalized spacial score (nSPS) is 10.3. The number of hydrogen-bond acceptors (Lipinski definition) is 3. The maximum Gasteiger partial charge on any atom is 0.156 e. The lowest BCUT2D eigenvalue weighted by molar-refractivity contribution is 0.568. The van der Waals surface area contributed by atoms with Crippen LogP contribution in [0.1, 0.15) is 0 Å². The van der Waals surface area contributed by atoms with Crippen molar-refractivity contribution < 1.29 is 4.42 Å². The molecule has 2 rings (SSSR count). The molecule has 2 aromatic heterocycles. The van der Waals surface area contributed by atoms with Gasteiger partial charge in [0, 0.05) is 5.56 Å². The molecular weight excluding hydrogens is 210 g/mol. The van der Waals surface area contributed by atoms with Gasteiger partial charge in [-0.25, -0.2) is 0 Å². The molecule has 56 valence electrons. The highest BCUT2D eigenvalue weighted by Gasteiger charge is 2.07. The summed E-state index contributed by atoms with van der Waals surface area (Å²) in [5, 5.41) is 10.2. The van der Waals surface area contributed by atoms with Crippen molar-refractivity contribution in [2.24, 2.45) is 0 Å². The number of aromatic nitrogens is 3. The van der Waals surface area contributed by atoms with E-state index in [1.807, 2.05) is 6.07 Å². The molecule has 0 amide bonds. The molecule has 5 heteroatoms. The van der Waals surface area contributed by atoms with Gasteiger partial charge in [0.1, 0.15) is 5.69 Å². The Morgan fingerprint density at radius 3 is 2.91 bits per heavy atom. The first-order valence-electron chi connectivity index (χ1n) is 2.97. The SMILES string of the molecule is Brc1n[nH]nc1-c1ccoc1. The van der Waals surface area contributed by atoms with Gasteiger partial charge < -0.3 is 4.42 Å². The van der Waals surface area contributed by atoms with Crippen molar-refractivity contribution in [3.63, 3.8) is 0 Å². The third kappa shape index (κ3) is 1.07. The largest absolute Gasteiger partial charge is 0.472 e. The standard InChI is InChI=1S/C6H4BrN3O/c7-6-5(8-10-9-6)4-1-2-11-3-4/h1-3H,(H,8,9,10). The summed E-state index contributed by atoms with van der Waals surface area (Å²) in [5.41, 5.74) is 1.67. The highest BCUT2D eigenvalue weighted by Crippen LogP contribution is 2.23. The Labute approximate surface area is 70.7 Å². The number of nitrogens with one attached hydrogen (secondary N) is 1. The second-order valence-corrected chi connectivity index (χ2v) is 2.73. The van der Waals surface area contributed by atoms with Crippen LogP contribution in [0.4, 0.5) is 0 Å². The molecule has 2 aromatic rings. The number of aromatic amines is 1. The summed E-state index contributed by atoms with van der Waals surface area (Å²) in [6, 6.07) is 1.82. The maximum atomic E-state index is 4.89. The number of furan rings is 1. The molecule has 2 heterocycles. The minimum absolute atomic E-state index is 0.693. The van der Waals surface area contributed by atoms with Crippen molar-refractivity contribution in [2.75, 3.05) is 0 Å². The molecule has 4 nitrogen and oxygen atoms in total. The molecule has 0 aromatic carbocycles. The van der Waals surface area contributed by atoms with Crippen LogP contribution < -0.4 is 0 Å². The summed E-state index contributed by atoms with van der Waals surface area (Å²) in [7, 11) is 0. The summed E-state index contributed by atoms with van der Waals surface area (Å²) in [5.74, 6) is 0. The molecule has 0 saturated carbocycles. The molecule has 0 spiro atoms. The van der Waals surface area contributed by atoms with Crippen LogP contribution in [0.2, 0.25) is 0 Å². The van der Waals surface area contributed by atoms with Gasteiger partial charge in [-0.3, -0.25) is 0 Å². The van der Waals surface area contributed by atoms with Crippen LogP contribution in [0.5, 0.6) is 0 Å². The van der Waals surface area contributed by atoms with Gasteiger partial charge in [-0.15, -0.1) is 5.10 Å². The number of H-pyrrole nitrogens is 1. The quantitative estimate of drug-likeness (QED) is 0.787. The second-order valence-electron chi connectivity index (χ2n) is 1.98. The van der Waals surface area contributed by atoms with Gasteiger partial charge in [0.2, 0.25) is 0 Å². The Morgan fingerprint density at radius 1 is 1.45 bits per heavy atom. The van der Waals surface area contributed by atoms with E-state index in [4.69, 9.17) is 4.42 Å². The average molecular weight is 214 g/mol. The van der Waals surface area contributed by atoms with Crippen LogP contribution in [0.15, 0.2) is 27.6 Å². The van der Waals surface area contributed by atoms with Crippen LogP contribution in [-0.2, 0) is 0 Å². The van der Waals surface area contributed by atoms with Gasteiger partial charge in [-0.2, -0.15) is 10.3 Å². The molecule has 0 aliphatic rings. The van der Waals surface area contributed by atoms with Gasteiger partial charge in [-0.1, -0.05) is 0 Å². The number of halogens is 1. The van der Waals surface area contributed by atoms with Gasteiger partial charge in [0.15, 0.2) is 4.60 Å². The van der Waals surface area contributed by atoms with E-state index in [1.54, 1.807) is 12.5 Å². The van der Waals surface area contributed by atoms with E-state index >= 15 is 0 Å². The van der Waals surface area contributed by atoms with Gasteiger partial charge >= 0.3 is 0 Å². The highest BCUT2D eigenvalue weighted by atomic mass is 79.9. The van der Waals surface area contributed by atoms with Crippen LogP contribution in [0.3, 0.4) is 0 Å². The molecule has 0 aliphatic carbocycles. The number of hydrogen-bond donors (Lipinski definition) is 1.